The highest BCUT2D eigenvalue weighted by molar-refractivity contribution is 5.49. The van der Waals surface area contributed by atoms with E-state index in [1.165, 1.54) is 0 Å². The molecule has 0 unspecified atom stereocenters. The second-order valence-corrected chi connectivity index (χ2v) is 5.17. The molecule has 0 amide bonds. The van der Waals surface area contributed by atoms with Gasteiger partial charge in [-0.2, -0.15) is 0 Å². The van der Waals surface area contributed by atoms with Crippen molar-refractivity contribution in [1.82, 2.24) is 19.9 Å². The molecule has 0 atom stereocenters. The van der Waals surface area contributed by atoms with Gasteiger partial charge in [-0.3, -0.25) is 0 Å². The Morgan fingerprint density at radius 3 is 2.40 bits per heavy atom. The fourth-order valence-corrected chi connectivity index (χ4v) is 1.71. The normalized spacial score (nSPS) is 10.8. The summed E-state index contributed by atoms with van der Waals surface area (Å²) in [5, 5.41) is 3.30. The molecule has 0 fully saturated rings. The highest BCUT2D eigenvalue weighted by atomic mass is 15.1. The fraction of sp³-hybridized carbons (Fsp3) is 0.467. The van der Waals surface area contributed by atoms with Gasteiger partial charge in [-0.15, -0.1) is 0 Å². The van der Waals surface area contributed by atoms with Gasteiger partial charge in [0.1, 0.15) is 5.82 Å². The topological polar surface area (TPSA) is 63.6 Å². The molecule has 5 nitrogen and oxygen atoms in total. The predicted octanol–water partition coefficient (Wildman–Crippen LogP) is 3.19. The summed E-state index contributed by atoms with van der Waals surface area (Å²) >= 11 is 0. The van der Waals surface area contributed by atoms with Gasteiger partial charge < -0.3 is 5.32 Å². The van der Waals surface area contributed by atoms with Gasteiger partial charge in [-0.1, -0.05) is 20.8 Å². The molecule has 2 aromatic heterocycles. The zero-order valence-corrected chi connectivity index (χ0v) is 12.5. The van der Waals surface area contributed by atoms with Crippen LogP contribution in [-0.2, 0) is 0 Å². The zero-order chi connectivity index (χ0) is 14.5. The SMILES string of the molecule is CCCNc1cc(C(C)C)nc(-c2ncc(C)cn2)n1. The van der Waals surface area contributed by atoms with Crippen molar-refractivity contribution >= 4 is 5.82 Å². The monoisotopic (exact) mass is 271 g/mol. The number of nitrogens with one attached hydrogen (secondary N) is 1. The number of rotatable bonds is 5. The van der Waals surface area contributed by atoms with Gasteiger partial charge in [0.2, 0.25) is 0 Å². The molecule has 5 heteroatoms. The molecule has 0 saturated carbocycles. The number of anilines is 1. The number of hydrogen-bond donors (Lipinski definition) is 1. The van der Waals surface area contributed by atoms with Gasteiger partial charge in [-0.05, 0) is 24.8 Å². The van der Waals surface area contributed by atoms with Crippen LogP contribution in [0.2, 0.25) is 0 Å². The lowest BCUT2D eigenvalue weighted by Crippen LogP contribution is -2.07. The zero-order valence-electron chi connectivity index (χ0n) is 12.5. The molecule has 1 N–H and O–H groups in total. The van der Waals surface area contributed by atoms with Gasteiger partial charge >= 0.3 is 0 Å². The Labute approximate surface area is 119 Å². The summed E-state index contributed by atoms with van der Waals surface area (Å²) in [6, 6.07) is 2.00. The van der Waals surface area contributed by atoms with E-state index in [2.05, 4.69) is 46.0 Å². The molecular weight excluding hydrogens is 250 g/mol. The van der Waals surface area contributed by atoms with E-state index in [1.54, 1.807) is 12.4 Å². The van der Waals surface area contributed by atoms with Crippen molar-refractivity contribution in [3.05, 3.63) is 29.7 Å². The first kappa shape index (κ1) is 14.4. The van der Waals surface area contributed by atoms with Crippen LogP contribution >= 0.6 is 0 Å². The summed E-state index contributed by atoms with van der Waals surface area (Å²) in [6.07, 6.45) is 4.62. The van der Waals surface area contributed by atoms with Gasteiger partial charge in [0.25, 0.3) is 0 Å². The molecule has 0 aromatic carbocycles. The molecule has 0 radical (unpaired) electrons. The van der Waals surface area contributed by atoms with Crippen molar-refractivity contribution in [1.29, 1.82) is 0 Å². The fourth-order valence-electron chi connectivity index (χ4n) is 1.71. The van der Waals surface area contributed by atoms with Crippen LogP contribution in [0.15, 0.2) is 18.5 Å². The Bertz CT molecular complexity index is 563. The summed E-state index contributed by atoms with van der Waals surface area (Å²) in [5.74, 6) is 2.32. The van der Waals surface area contributed by atoms with Crippen molar-refractivity contribution in [3.8, 4) is 11.6 Å². The molecule has 106 valence electrons. The molecule has 20 heavy (non-hydrogen) atoms. The third-order valence-electron chi connectivity index (χ3n) is 2.87. The average molecular weight is 271 g/mol. The first-order chi connectivity index (χ1) is 9.60. The van der Waals surface area contributed by atoms with Crippen LogP contribution in [0.5, 0.6) is 0 Å². The van der Waals surface area contributed by atoms with Crippen LogP contribution in [0.1, 0.15) is 44.4 Å². The second-order valence-electron chi connectivity index (χ2n) is 5.17. The Hall–Kier alpha value is -2.04. The van der Waals surface area contributed by atoms with Crippen molar-refractivity contribution in [3.63, 3.8) is 0 Å². The summed E-state index contributed by atoms with van der Waals surface area (Å²) < 4.78 is 0. The minimum Gasteiger partial charge on any atom is -0.370 e. The van der Waals surface area contributed by atoms with Crippen molar-refractivity contribution in [2.24, 2.45) is 0 Å². The van der Waals surface area contributed by atoms with Crippen LogP contribution in [0, 0.1) is 6.92 Å². The number of hydrogen-bond acceptors (Lipinski definition) is 5. The summed E-state index contributed by atoms with van der Waals surface area (Å²) in [5.41, 5.74) is 2.02. The van der Waals surface area contributed by atoms with Crippen molar-refractivity contribution < 1.29 is 0 Å². The Morgan fingerprint density at radius 2 is 1.80 bits per heavy atom. The first-order valence-corrected chi connectivity index (χ1v) is 7.02. The minimum absolute atomic E-state index is 0.337. The molecule has 2 rings (SSSR count). The number of aryl methyl sites for hydroxylation is 1. The van der Waals surface area contributed by atoms with E-state index in [1.807, 2.05) is 13.0 Å². The Kier molecular flexibility index (Phi) is 4.61. The van der Waals surface area contributed by atoms with Gasteiger partial charge in [-0.25, -0.2) is 19.9 Å². The minimum atomic E-state index is 0.337. The van der Waals surface area contributed by atoms with Gasteiger partial charge in [0.15, 0.2) is 11.6 Å². The predicted molar refractivity (Wildman–Crippen MR) is 80.7 cm³/mol. The van der Waals surface area contributed by atoms with E-state index < -0.39 is 0 Å². The summed E-state index contributed by atoms with van der Waals surface area (Å²) in [4.78, 5) is 17.7. The van der Waals surface area contributed by atoms with Crippen LogP contribution < -0.4 is 5.32 Å². The molecule has 0 bridgehead atoms. The maximum Gasteiger partial charge on any atom is 0.199 e. The largest absolute Gasteiger partial charge is 0.370 e. The van der Waals surface area contributed by atoms with E-state index in [-0.39, 0.29) is 0 Å². The lowest BCUT2D eigenvalue weighted by atomic mass is 10.1. The van der Waals surface area contributed by atoms with E-state index >= 15 is 0 Å². The van der Waals surface area contributed by atoms with Crippen LogP contribution in [0.25, 0.3) is 11.6 Å². The standard InChI is InChI=1S/C15H21N5/c1-5-6-16-13-7-12(10(2)3)19-15(20-13)14-17-8-11(4)9-18-14/h7-10H,5-6H2,1-4H3,(H,16,19,20). The van der Waals surface area contributed by atoms with E-state index in [0.717, 1.165) is 30.0 Å². The highest BCUT2D eigenvalue weighted by Crippen LogP contribution is 2.19. The van der Waals surface area contributed by atoms with E-state index in [0.29, 0.717) is 17.6 Å². The van der Waals surface area contributed by atoms with E-state index in [9.17, 15) is 0 Å². The van der Waals surface area contributed by atoms with Crippen molar-refractivity contribution in [2.45, 2.75) is 40.0 Å². The molecule has 0 aliphatic carbocycles. The van der Waals surface area contributed by atoms with E-state index in [4.69, 9.17) is 0 Å². The molecule has 0 spiro atoms. The average Bonchev–Trinajstić information content (AvgIpc) is 2.45. The third-order valence-corrected chi connectivity index (χ3v) is 2.87. The van der Waals surface area contributed by atoms with Gasteiger partial charge in [0, 0.05) is 30.7 Å². The summed E-state index contributed by atoms with van der Waals surface area (Å²) in [6.45, 7) is 9.21. The quantitative estimate of drug-likeness (QED) is 0.904. The Morgan fingerprint density at radius 1 is 1.10 bits per heavy atom. The summed E-state index contributed by atoms with van der Waals surface area (Å²) in [7, 11) is 0. The number of aromatic nitrogens is 4. The maximum absolute atomic E-state index is 4.56. The first-order valence-electron chi connectivity index (χ1n) is 7.02. The highest BCUT2D eigenvalue weighted by Gasteiger charge is 2.11. The molecule has 2 heterocycles. The molecule has 2 aromatic rings. The van der Waals surface area contributed by atoms with Crippen LogP contribution in [-0.4, -0.2) is 26.5 Å². The number of nitrogens with zero attached hydrogens (tertiary/aromatic N) is 4. The smallest absolute Gasteiger partial charge is 0.199 e. The van der Waals surface area contributed by atoms with Crippen LogP contribution in [0.3, 0.4) is 0 Å². The van der Waals surface area contributed by atoms with Crippen LogP contribution in [0.4, 0.5) is 5.82 Å². The lowest BCUT2D eigenvalue weighted by molar-refractivity contribution is 0.813. The molecule has 0 aliphatic heterocycles. The lowest BCUT2D eigenvalue weighted by Gasteiger charge is -2.10. The van der Waals surface area contributed by atoms with Crippen molar-refractivity contribution in [2.75, 3.05) is 11.9 Å². The second kappa shape index (κ2) is 6.41. The third kappa shape index (κ3) is 3.50. The molecular formula is C15H21N5. The van der Waals surface area contributed by atoms with Gasteiger partial charge in [0.05, 0.1) is 0 Å². The maximum atomic E-state index is 4.56. The Balaban J connectivity index is 2.40. The molecule has 0 saturated heterocycles. The molecule has 0 aliphatic rings.